The average molecular weight is 349 g/mol. The van der Waals surface area contributed by atoms with E-state index in [4.69, 9.17) is 0 Å². The largest absolute Gasteiger partial charge is 0.391 e. The van der Waals surface area contributed by atoms with Gasteiger partial charge >= 0.3 is 0 Å². The molecule has 0 radical (unpaired) electrons. The molecule has 2 atom stereocenters. The van der Waals surface area contributed by atoms with Gasteiger partial charge in [-0.25, -0.2) is 8.42 Å². The van der Waals surface area contributed by atoms with Gasteiger partial charge in [0.15, 0.2) is 9.84 Å². The Morgan fingerprint density at radius 2 is 2.00 bits per heavy atom. The van der Waals surface area contributed by atoms with Crippen molar-refractivity contribution in [3.8, 4) is 0 Å². The standard InChI is InChI=1S/C17H23N3O3S/c1-12-7-15(19-18-12)8-14-10-20(11-17(14)21)9-13-3-5-16(6-4-13)24(2,22)23/h3-7,14,17,21H,8-11H2,1-2H3,(H,18,19)/t14-,17-/m1/s1. The molecule has 0 unspecified atom stereocenters. The molecule has 0 bridgehead atoms. The normalized spacial score (nSPS) is 22.1. The van der Waals surface area contributed by atoms with Crippen LogP contribution < -0.4 is 0 Å². The fourth-order valence-corrected chi connectivity index (χ4v) is 3.85. The maximum atomic E-state index is 11.5. The zero-order valence-corrected chi connectivity index (χ0v) is 14.8. The van der Waals surface area contributed by atoms with Crippen molar-refractivity contribution in [2.24, 2.45) is 5.92 Å². The van der Waals surface area contributed by atoms with Crippen molar-refractivity contribution >= 4 is 9.84 Å². The quantitative estimate of drug-likeness (QED) is 0.846. The van der Waals surface area contributed by atoms with E-state index in [1.807, 2.05) is 25.1 Å². The SMILES string of the molecule is Cc1cc(C[C@@H]2CN(Cc3ccc(S(C)(=O)=O)cc3)C[C@H]2O)n[nH]1. The van der Waals surface area contributed by atoms with Crippen molar-refractivity contribution in [2.45, 2.75) is 30.9 Å². The van der Waals surface area contributed by atoms with Gasteiger partial charge in [0.05, 0.1) is 16.7 Å². The Kier molecular flexibility index (Phi) is 4.76. The highest BCUT2D eigenvalue weighted by Gasteiger charge is 2.31. The third kappa shape index (κ3) is 4.03. The molecule has 0 spiro atoms. The summed E-state index contributed by atoms with van der Waals surface area (Å²) in [5, 5.41) is 17.5. The van der Waals surface area contributed by atoms with E-state index in [0.29, 0.717) is 18.0 Å². The van der Waals surface area contributed by atoms with Gasteiger partial charge in [-0.05, 0) is 37.1 Å². The van der Waals surface area contributed by atoms with Gasteiger partial charge < -0.3 is 5.11 Å². The van der Waals surface area contributed by atoms with Gasteiger partial charge in [-0.2, -0.15) is 5.10 Å². The molecule has 1 aliphatic heterocycles. The number of aliphatic hydroxyl groups excluding tert-OH is 1. The van der Waals surface area contributed by atoms with Gasteiger partial charge in [0.2, 0.25) is 0 Å². The molecule has 1 saturated heterocycles. The van der Waals surface area contributed by atoms with E-state index >= 15 is 0 Å². The molecule has 1 aromatic heterocycles. The Labute approximate surface area is 142 Å². The molecule has 6 nitrogen and oxygen atoms in total. The monoisotopic (exact) mass is 349 g/mol. The van der Waals surface area contributed by atoms with E-state index in [1.165, 1.54) is 6.26 Å². The van der Waals surface area contributed by atoms with Crippen molar-refractivity contribution in [1.29, 1.82) is 0 Å². The summed E-state index contributed by atoms with van der Waals surface area (Å²) in [4.78, 5) is 2.53. The van der Waals surface area contributed by atoms with E-state index in [2.05, 4.69) is 15.1 Å². The summed E-state index contributed by atoms with van der Waals surface area (Å²) < 4.78 is 23.0. The van der Waals surface area contributed by atoms with E-state index in [9.17, 15) is 13.5 Å². The number of aromatic amines is 1. The van der Waals surface area contributed by atoms with Gasteiger partial charge in [-0.3, -0.25) is 10.00 Å². The lowest BCUT2D eigenvalue weighted by molar-refractivity contribution is 0.140. The van der Waals surface area contributed by atoms with Crippen molar-refractivity contribution in [3.63, 3.8) is 0 Å². The Morgan fingerprint density at radius 3 is 2.58 bits per heavy atom. The third-order valence-corrected chi connectivity index (χ3v) is 5.60. The number of nitrogens with zero attached hydrogens (tertiary/aromatic N) is 2. The lowest BCUT2D eigenvalue weighted by Crippen LogP contribution is -2.21. The summed E-state index contributed by atoms with van der Waals surface area (Å²) in [6, 6.07) is 8.97. The number of aliphatic hydroxyl groups is 1. The number of hydrogen-bond acceptors (Lipinski definition) is 5. The minimum atomic E-state index is -3.16. The third-order valence-electron chi connectivity index (χ3n) is 4.47. The van der Waals surface area contributed by atoms with E-state index in [-0.39, 0.29) is 12.0 Å². The predicted octanol–water partition coefficient (Wildman–Crippen LogP) is 1.16. The number of H-pyrrole nitrogens is 1. The second-order valence-corrected chi connectivity index (χ2v) is 8.70. The number of hydrogen-bond donors (Lipinski definition) is 2. The van der Waals surface area contributed by atoms with Crippen LogP contribution >= 0.6 is 0 Å². The van der Waals surface area contributed by atoms with Crippen LogP contribution in [0.5, 0.6) is 0 Å². The molecule has 24 heavy (non-hydrogen) atoms. The topological polar surface area (TPSA) is 86.3 Å². The molecular weight excluding hydrogens is 326 g/mol. The molecule has 3 rings (SSSR count). The first kappa shape index (κ1) is 17.1. The second kappa shape index (κ2) is 6.66. The van der Waals surface area contributed by atoms with Crippen LogP contribution in [0.2, 0.25) is 0 Å². The maximum absolute atomic E-state index is 11.5. The number of benzene rings is 1. The highest BCUT2D eigenvalue weighted by molar-refractivity contribution is 7.90. The van der Waals surface area contributed by atoms with Crippen LogP contribution in [-0.2, 0) is 22.8 Å². The minimum absolute atomic E-state index is 0.169. The molecule has 2 heterocycles. The molecule has 1 aliphatic rings. The highest BCUT2D eigenvalue weighted by atomic mass is 32.2. The van der Waals surface area contributed by atoms with Crippen LogP contribution in [0, 0.1) is 12.8 Å². The molecule has 0 amide bonds. The van der Waals surface area contributed by atoms with Crippen molar-refractivity contribution in [1.82, 2.24) is 15.1 Å². The smallest absolute Gasteiger partial charge is 0.175 e. The molecule has 1 aromatic carbocycles. The Bertz CT molecular complexity index is 799. The molecule has 0 aliphatic carbocycles. The molecule has 0 saturated carbocycles. The molecule has 2 N–H and O–H groups in total. The first-order chi connectivity index (χ1) is 11.3. The van der Waals surface area contributed by atoms with Gasteiger partial charge in [-0.15, -0.1) is 0 Å². The first-order valence-corrected chi connectivity index (χ1v) is 9.91. The van der Waals surface area contributed by atoms with Crippen molar-refractivity contribution in [2.75, 3.05) is 19.3 Å². The average Bonchev–Trinajstić information content (AvgIpc) is 3.05. The molecule has 1 fully saturated rings. The van der Waals surface area contributed by atoms with Gasteiger partial charge in [0.25, 0.3) is 0 Å². The zero-order valence-electron chi connectivity index (χ0n) is 13.9. The number of aryl methyl sites for hydroxylation is 1. The van der Waals surface area contributed by atoms with Crippen LogP contribution in [0.4, 0.5) is 0 Å². The number of rotatable bonds is 5. The van der Waals surface area contributed by atoms with Crippen LogP contribution in [0.25, 0.3) is 0 Å². The van der Waals surface area contributed by atoms with Gasteiger partial charge in [-0.1, -0.05) is 12.1 Å². The Balaban J connectivity index is 1.60. The van der Waals surface area contributed by atoms with Crippen LogP contribution in [0.3, 0.4) is 0 Å². The summed E-state index contributed by atoms with van der Waals surface area (Å²) >= 11 is 0. The van der Waals surface area contributed by atoms with Crippen LogP contribution in [0.15, 0.2) is 35.2 Å². The maximum Gasteiger partial charge on any atom is 0.175 e. The molecular formula is C17H23N3O3S. The van der Waals surface area contributed by atoms with Crippen molar-refractivity contribution in [3.05, 3.63) is 47.3 Å². The summed E-state index contributed by atoms with van der Waals surface area (Å²) in [6.45, 7) is 4.11. The van der Waals surface area contributed by atoms with Crippen molar-refractivity contribution < 1.29 is 13.5 Å². The molecule has 130 valence electrons. The van der Waals surface area contributed by atoms with E-state index < -0.39 is 9.84 Å². The minimum Gasteiger partial charge on any atom is -0.391 e. The zero-order chi connectivity index (χ0) is 17.3. The summed E-state index contributed by atoms with van der Waals surface area (Å²) in [5.41, 5.74) is 3.06. The lowest BCUT2D eigenvalue weighted by Gasteiger charge is -2.15. The number of nitrogens with one attached hydrogen (secondary N) is 1. The number of likely N-dealkylation sites (tertiary alicyclic amines) is 1. The van der Waals surface area contributed by atoms with Gasteiger partial charge in [0.1, 0.15) is 0 Å². The Morgan fingerprint density at radius 1 is 1.29 bits per heavy atom. The lowest BCUT2D eigenvalue weighted by atomic mass is 10.0. The summed E-state index contributed by atoms with van der Waals surface area (Å²) in [7, 11) is -3.16. The fraction of sp³-hybridized carbons (Fsp3) is 0.471. The number of sulfone groups is 1. The summed E-state index contributed by atoms with van der Waals surface area (Å²) in [5.74, 6) is 0.169. The molecule has 7 heteroatoms. The molecule has 2 aromatic rings. The van der Waals surface area contributed by atoms with E-state index in [0.717, 1.165) is 29.9 Å². The fourth-order valence-electron chi connectivity index (χ4n) is 3.22. The van der Waals surface area contributed by atoms with Gasteiger partial charge in [0, 0.05) is 37.5 Å². The first-order valence-electron chi connectivity index (χ1n) is 8.01. The second-order valence-electron chi connectivity index (χ2n) is 6.68. The number of aromatic nitrogens is 2. The van der Waals surface area contributed by atoms with E-state index in [1.54, 1.807) is 12.1 Å². The summed E-state index contributed by atoms with van der Waals surface area (Å²) in [6.07, 6.45) is 1.60. The predicted molar refractivity (Wildman–Crippen MR) is 91.4 cm³/mol. The number of β-amino-alcohol motifs (C(OH)–C–C–N with tert-alkyl or cyclic N) is 1. The van der Waals surface area contributed by atoms with Crippen LogP contribution in [0.1, 0.15) is 17.0 Å². The highest BCUT2D eigenvalue weighted by Crippen LogP contribution is 2.23. The van der Waals surface area contributed by atoms with Crippen LogP contribution in [-0.4, -0.2) is 54.1 Å². The Hall–Kier alpha value is -1.70.